The summed E-state index contributed by atoms with van der Waals surface area (Å²) in [7, 11) is 0. The van der Waals surface area contributed by atoms with E-state index in [2.05, 4.69) is 15.5 Å². The van der Waals surface area contributed by atoms with Crippen molar-refractivity contribution in [2.75, 3.05) is 12.4 Å². The number of carbonyl (C=O) groups is 2. The van der Waals surface area contributed by atoms with Crippen molar-refractivity contribution in [3.05, 3.63) is 29.3 Å². The van der Waals surface area contributed by atoms with Gasteiger partial charge < -0.3 is 14.6 Å². The van der Waals surface area contributed by atoms with Crippen molar-refractivity contribution in [1.29, 1.82) is 0 Å². The van der Waals surface area contributed by atoms with Gasteiger partial charge in [-0.1, -0.05) is 23.4 Å². The van der Waals surface area contributed by atoms with Crippen molar-refractivity contribution >= 4 is 35.2 Å². The van der Waals surface area contributed by atoms with Gasteiger partial charge in [-0.2, -0.15) is 0 Å². The Labute approximate surface area is 173 Å². The van der Waals surface area contributed by atoms with Crippen molar-refractivity contribution < 1.29 is 14.3 Å². The lowest BCUT2D eigenvalue weighted by atomic mass is 10.2. The first-order chi connectivity index (χ1) is 13.5. The van der Waals surface area contributed by atoms with Gasteiger partial charge in [0.05, 0.1) is 5.75 Å². The molecule has 1 saturated carbocycles. The lowest BCUT2D eigenvalue weighted by molar-refractivity contribution is -0.146. The van der Waals surface area contributed by atoms with Crippen molar-refractivity contribution in [1.82, 2.24) is 20.1 Å². The summed E-state index contributed by atoms with van der Waals surface area (Å²) < 4.78 is 6.98. The summed E-state index contributed by atoms with van der Waals surface area (Å²) in [6.07, 6.45) is 2.29. The molecular formula is C19H23ClN4O3S. The normalized spacial score (nSPS) is 14.5. The van der Waals surface area contributed by atoms with Gasteiger partial charge in [-0.05, 0) is 56.9 Å². The molecule has 0 saturated heterocycles. The van der Waals surface area contributed by atoms with Gasteiger partial charge in [0.2, 0.25) is 0 Å². The van der Waals surface area contributed by atoms with Crippen LogP contribution in [0.4, 0.5) is 0 Å². The minimum absolute atomic E-state index is 0.0597. The Kier molecular flexibility index (Phi) is 6.96. The first kappa shape index (κ1) is 20.7. The van der Waals surface area contributed by atoms with Gasteiger partial charge in [0.1, 0.15) is 0 Å². The van der Waals surface area contributed by atoms with Crippen molar-refractivity contribution in [3.63, 3.8) is 0 Å². The highest BCUT2D eigenvalue weighted by atomic mass is 35.5. The summed E-state index contributed by atoms with van der Waals surface area (Å²) in [6, 6.07) is 7.48. The third-order valence-corrected chi connectivity index (χ3v) is 5.73. The maximum absolute atomic E-state index is 12.0. The third kappa shape index (κ3) is 5.48. The molecule has 1 aliphatic carbocycles. The largest absolute Gasteiger partial charge is 0.455 e. The summed E-state index contributed by atoms with van der Waals surface area (Å²) in [5, 5.41) is 12.5. The molecule has 1 aromatic carbocycles. The second-order valence-electron chi connectivity index (χ2n) is 6.70. The van der Waals surface area contributed by atoms with Gasteiger partial charge in [-0.3, -0.25) is 9.59 Å². The molecule has 0 radical (unpaired) electrons. The van der Waals surface area contributed by atoms with E-state index in [0.29, 0.717) is 28.5 Å². The molecule has 1 fully saturated rings. The number of aromatic nitrogens is 3. The van der Waals surface area contributed by atoms with E-state index < -0.39 is 5.97 Å². The van der Waals surface area contributed by atoms with Crippen molar-refractivity contribution in [2.45, 2.75) is 44.4 Å². The smallest absolute Gasteiger partial charge is 0.316 e. The summed E-state index contributed by atoms with van der Waals surface area (Å²) in [5.74, 6) is 0.607. The Morgan fingerprint density at radius 3 is 2.68 bits per heavy atom. The molecule has 7 nitrogen and oxygen atoms in total. The van der Waals surface area contributed by atoms with Crippen LogP contribution >= 0.6 is 23.4 Å². The predicted molar refractivity (Wildman–Crippen MR) is 108 cm³/mol. The Bertz CT molecular complexity index is 836. The van der Waals surface area contributed by atoms with Crippen LogP contribution in [0.5, 0.6) is 0 Å². The van der Waals surface area contributed by atoms with Crippen LogP contribution in [0, 0.1) is 5.92 Å². The zero-order chi connectivity index (χ0) is 20.1. The number of hydrogen-bond donors (Lipinski definition) is 1. The fourth-order valence-electron chi connectivity index (χ4n) is 2.81. The number of esters is 1. The van der Waals surface area contributed by atoms with E-state index in [9.17, 15) is 9.59 Å². The Morgan fingerprint density at radius 1 is 1.32 bits per heavy atom. The van der Waals surface area contributed by atoms with Gasteiger partial charge in [0.15, 0.2) is 17.6 Å². The number of nitrogens with zero attached hydrogens (tertiary/aromatic N) is 3. The predicted octanol–water partition coefficient (Wildman–Crippen LogP) is 3.17. The van der Waals surface area contributed by atoms with Crippen LogP contribution in [0.1, 0.15) is 26.7 Å². The summed E-state index contributed by atoms with van der Waals surface area (Å²) in [4.78, 5) is 23.8. The van der Waals surface area contributed by atoms with Gasteiger partial charge in [-0.15, -0.1) is 10.2 Å². The molecule has 1 N–H and O–H groups in total. The number of hydrogen-bond acceptors (Lipinski definition) is 6. The van der Waals surface area contributed by atoms with Crippen LogP contribution in [0.2, 0.25) is 5.02 Å². The van der Waals surface area contributed by atoms with E-state index in [1.165, 1.54) is 11.8 Å². The van der Waals surface area contributed by atoms with Crippen LogP contribution in [0.3, 0.4) is 0 Å². The zero-order valence-electron chi connectivity index (χ0n) is 15.9. The molecule has 0 bridgehead atoms. The molecule has 2 aromatic rings. The Balaban J connectivity index is 1.50. The van der Waals surface area contributed by atoms with Gasteiger partial charge in [-0.25, -0.2) is 0 Å². The molecule has 1 aliphatic rings. The second kappa shape index (κ2) is 9.43. The van der Waals surface area contributed by atoms with E-state index >= 15 is 0 Å². The van der Waals surface area contributed by atoms with Crippen LogP contribution in [0.25, 0.3) is 11.4 Å². The number of thioether (sulfide) groups is 1. The van der Waals surface area contributed by atoms with Crippen molar-refractivity contribution in [3.8, 4) is 11.4 Å². The van der Waals surface area contributed by atoms with Crippen LogP contribution in [-0.2, 0) is 20.9 Å². The minimum atomic E-state index is -0.460. The molecule has 0 aliphatic heterocycles. The topological polar surface area (TPSA) is 86.1 Å². The fourth-order valence-corrected chi connectivity index (χ4v) is 3.74. The van der Waals surface area contributed by atoms with E-state index in [1.54, 1.807) is 12.1 Å². The number of nitrogens with one attached hydrogen (secondary N) is 1. The molecule has 150 valence electrons. The van der Waals surface area contributed by atoms with Gasteiger partial charge in [0.25, 0.3) is 5.91 Å². The monoisotopic (exact) mass is 422 g/mol. The summed E-state index contributed by atoms with van der Waals surface area (Å²) in [5.41, 5.74) is 0.898. The van der Waals surface area contributed by atoms with Gasteiger partial charge >= 0.3 is 5.97 Å². The molecule has 1 heterocycles. The molecule has 3 rings (SSSR count). The number of benzene rings is 1. The quantitative estimate of drug-likeness (QED) is 0.493. The maximum atomic E-state index is 12.0. The molecule has 9 heteroatoms. The SMILES string of the molecule is CCn1c(SCC(=O)OCC(=O)N[C@H](C)C2CC2)nnc1-c1ccc(Cl)cc1. The van der Waals surface area contributed by atoms with Crippen LogP contribution in [-0.4, -0.2) is 45.0 Å². The molecule has 1 atom stereocenters. The van der Waals surface area contributed by atoms with Crippen LogP contribution < -0.4 is 5.32 Å². The van der Waals surface area contributed by atoms with Crippen molar-refractivity contribution in [2.24, 2.45) is 5.92 Å². The maximum Gasteiger partial charge on any atom is 0.316 e. The highest BCUT2D eigenvalue weighted by Crippen LogP contribution is 2.32. The lowest BCUT2D eigenvalue weighted by Crippen LogP contribution is -2.37. The highest BCUT2D eigenvalue weighted by molar-refractivity contribution is 7.99. The second-order valence-corrected chi connectivity index (χ2v) is 8.08. The first-order valence-corrected chi connectivity index (χ1v) is 10.6. The molecule has 1 aromatic heterocycles. The third-order valence-electron chi connectivity index (χ3n) is 4.54. The first-order valence-electron chi connectivity index (χ1n) is 9.24. The van der Waals surface area contributed by atoms with E-state index in [1.807, 2.05) is 30.5 Å². The fraction of sp³-hybridized carbons (Fsp3) is 0.474. The molecule has 0 spiro atoms. The number of carbonyl (C=O) groups excluding carboxylic acids is 2. The number of rotatable bonds is 9. The number of amides is 1. The average molecular weight is 423 g/mol. The van der Waals surface area contributed by atoms with E-state index in [4.69, 9.17) is 16.3 Å². The molecule has 0 unspecified atom stereocenters. The number of halogens is 1. The summed E-state index contributed by atoms with van der Waals surface area (Å²) in [6.45, 7) is 4.36. The van der Waals surface area contributed by atoms with E-state index in [-0.39, 0.29) is 24.3 Å². The highest BCUT2D eigenvalue weighted by Gasteiger charge is 2.29. The molecular weight excluding hydrogens is 400 g/mol. The summed E-state index contributed by atoms with van der Waals surface area (Å²) >= 11 is 7.17. The Hall–Kier alpha value is -2.06. The van der Waals surface area contributed by atoms with Crippen LogP contribution in [0.15, 0.2) is 29.4 Å². The molecule has 28 heavy (non-hydrogen) atoms. The molecule has 1 amide bonds. The zero-order valence-corrected chi connectivity index (χ0v) is 17.4. The minimum Gasteiger partial charge on any atom is -0.455 e. The Morgan fingerprint density at radius 2 is 2.04 bits per heavy atom. The van der Waals surface area contributed by atoms with Gasteiger partial charge in [0, 0.05) is 23.2 Å². The standard InChI is InChI=1S/C19H23ClN4O3S/c1-3-24-18(14-6-8-15(20)9-7-14)22-23-19(24)28-11-17(26)27-10-16(25)21-12(2)13-4-5-13/h6-9,12-13H,3-5,10-11H2,1-2H3,(H,21,25)/t12-/m1/s1. The number of ether oxygens (including phenoxy) is 1. The van der Waals surface area contributed by atoms with E-state index in [0.717, 1.165) is 18.4 Å². The lowest BCUT2D eigenvalue weighted by Gasteiger charge is -2.12. The average Bonchev–Trinajstić information content (AvgIpc) is 3.46.